The number of rotatable bonds is 3. The van der Waals surface area contributed by atoms with E-state index in [2.05, 4.69) is 4.90 Å². The second-order valence-electron chi connectivity index (χ2n) is 5.24. The van der Waals surface area contributed by atoms with Gasteiger partial charge in [0.05, 0.1) is 0 Å². The topological polar surface area (TPSA) is 12.5 Å². The molecule has 1 unspecified atom stereocenters. The van der Waals surface area contributed by atoms with Crippen molar-refractivity contribution in [1.29, 1.82) is 0 Å². The van der Waals surface area contributed by atoms with Crippen LogP contribution in [-0.2, 0) is 0 Å². The smallest absolute Gasteiger partial charge is 0.133 e. The third-order valence-corrected chi connectivity index (χ3v) is 3.28. The molecule has 0 saturated carbocycles. The lowest BCUT2D eigenvalue weighted by Crippen LogP contribution is -2.22. The van der Waals surface area contributed by atoms with Crippen molar-refractivity contribution in [2.24, 2.45) is 0 Å². The van der Waals surface area contributed by atoms with Crippen molar-refractivity contribution in [3.05, 3.63) is 29.3 Å². The van der Waals surface area contributed by atoms with Crippen LogP contribution in [0.25, 0.3) is 0 Å². The standard InChI is InChI=1S/C14H19F2NO.C2H6/c1-9(2)14-12(16)6-10(15)7-13(14)18-11-4-5-17(3)8-11;1-2/h6-7,9,11H,4-5,8H2,1-3H3;1-2H3. The van der Waals surface area contributed by atoms with Crippen molar-refractivity contribution in [3.8, 4) is 5.75 Å². The van der Waals surface area contributed by atoms with Gasteiger partial charge in [-0.2, -0.15) is 0 Å². The van der Waals surface area contributed by atoms with E-state index >= 15 is 0 Å². The summed E-state index contributed by atoms with van der Waals surface area (Å²) in [4.78, 5) is 2.15. The minimum atomic E-state index is -0.585. The lowest BCUT2D eigenvalue weighted by Gasteiger charge is -2.19. The average Bonchev–Trinajstić information content (AvgIpc) is 2.75. The molecule has 2 rings (SSSR count). The number of nitrogens with zero attached hydrogens (tertiary/aromatic N) is 1. The summed E-state index contributed by atoms with van der Waals surface area (Å²) in [5.41, 5.74) is 0.464. The first kappa shape index (κ1) is 16.9. The molecule has 1 atom stereocenters. The fraction of sp³-hybridized carbons (Fsp3) is 0.625. The highest BCUT2D eigenvalue weighted by molar-refractivity contribution is 5.38. The molecular weight excluding hydrogens is 260 g/mol. The maximum absolute atomic E-state index is 13.8. The summed E-state index contributed by atoms with van der Waals surface area (Å²) in [5, 5.41) is 0. The summed E-state index contributed by atoms with van der Waals surface area (Å²) in [6.45, 7) is 9.52. The summed E-state index contributed by atoms with van der Waals surface area (Å²) >= 11 is 0. The van der Waals surface area contributed by atoms with Gasteiger partial charge in [-0.25, -0.2) is 8.78 Å². The molecule has 1 aliphatic rings. The molecule has 0 N–H and O–H groups in total. The summed E-state index contributed by atoms with van der Waals surface area (Å²) < 4.78 is 32.9. The summed E-state index contributed by atoms with van der Waals surface area (Å²) in [7, 11) is 2.01. The number of likely N-dealkylation sites (tertiary alicyclic amines) is 1. The van der Waals surface area contributed by atoms with Gasteiger partial charge >= 0.3 is 0 Å². The third-order valence-electron chi connectivity index (χ3n) is 3.28. The van der Waals surface area contributed by atoms with Crippen LogP contribution in [0.2, 0.25) is 0 Å². The van der Waals surface area contributed by atoms with Crippen LogP contribution >= 0.6 is 0 Å². The molecule has 0 spiro atoms. The predicted octanol–water partition coefficient (Wildman–Crippen LogP) is 4.20. The highest BCUT2D eigenvalue weighted by atomic mass is 19.1. The molecule has 20 heavy (non-hydrogen) atoms. The molecule has 1 fully saturated rings. The first-order valence-corrected chi connectivity index (χ1v) is 7.31. The van der Waals surface area contributed by atoms with Crippen LogP contribution in [0, 0.1) is 11.6 Å². The van der Waals surface area contributed by atoms with Gasteiger partial charge < -0.3 is 9.64 Å². The molecule has 2 nitrogen and oxygen atoms in total. The van der Waals surface area contributed by atoms with Gasteiger partial charge in [0.2, 0.25) is 0 Å². The van der Waals surface area contributed by atoms with E-state index in [1.807, 2.05) is 34.7 Å². The van der Waals surface area contributed by atoms with Crippen LogP contribution in [0.15, 0.2) is 12.1 Å². The molecule has 4 heteroatoms. The molecular formula is C16H25F2NO. The van der Waals surface area contributed by atoms with E-state index in [9.17, 15) is 8.78 Å². The Balaban J connectivity index is 0.000000956. The van der Waals surface area contributed by atoms with Gasteiger partial charge in [0.15, 0.2) is 0 Å². The lowest BCUT2D eigenvalue weighted by molar-refractivity contribution is 0.203. The maximum atomic E-state index is 13.8. The Bertz CT molecular complexity index is 435. The van der Waals surface area contributed by atoms with Gasteiger partial charge in [0, 0.05) is 30.8 Å². The Morgan fingerprint density at radius 1 is 1.25 bits per heavy atom. The zero-order valence-corrected chi connectivity index (χ0v) is 13.0. The second-order valence-corrected chi connectivity index (χ2v) is 5.24. The number of halogens is 2. The highest BCUT2D eigenvalue weighted by Crippen LogP contribution is 2.31. The van der Waals surface area contributed by atoms with E-state index in [0.717, 1.165) is 25.6 Å². The number of hydrogen-bond acceptors (Lipinski definition) is 2. The van der Waals surface area contributed by atoms with Gasteiger partial charge in [-0.3, -0.25) is 0 Å². The summed E-state index contributed by atoms with van der Waals surface area (Å²) in [5.74, 6) is -0.785. The molecule has 0 aliphatic carbocycles. The van der Waals surface area contributed by atoms with Crippen molar-refractivity contribution >= 4 is 0 Å². The van der Waals surface area contributed by atoms with Crippen LogP contribution in [0.1, 0.15) is 45.6 Å². The molecule has 114 valence electrons. The van der Waals surface area contributed by atoms with Crippen molar-refractivity contribution in [2.45, 2.75) is 46.1 Å². The molecule has 0 amide bonds. The van der Waals surface area contributed by atoms with Crippen molar-refractivity contribution in [3.63, 3.8) is 0 Å². The van der Waals surface area contributed by atoms with Gasteiger partial charge in [0.1, 0.15) is 23.5 Å². The predicted molar refractivity (Wildman–Crippen MR) is 78.3 cm³/mol. The number of ether oxygens (including phenoxy) is 1. The Hall–Kier alpha value is -1.16. The minimum absolute atomic E-state index is 0.0219. The van der Waals surface area contributed by atoms with E-state index in [4.69, 9.17) is 4.74 Å². The molecule has 0 bridgehead atoms. The average molecular weight is 285 g/mol. The van der Waals surface area contributed by atoms with Crippen molar-refractivity contribution in [1.82, 2.24) is 4.90 Å². The quantitative estimate of drug-likeness (QED) is 0.825. The minimum Gasteiger partial charge on any atom is -0.489 e. The van der Waals surface area contributed by atoms with E-state index < -0.39 is 11.6 Å². The van der Waals surface area contributed by atoms with Gasteiger partial charge in [0.25, 0.3) is 0 Å². The SMILES string of the molecule is CC.CC(C)c1c(F)cc(F)cc1OC1CCN(C)C1. The second kappa shape index (κ2) is 7.58. The highest BCUT2D eigenvalue weighted by Gasteiger charge is 2.24. The van der Waals surface area contributed by atoms with Crippen LogP contribution in [0.3, 0.4) is 0 Å². The summed E-state index contributed by atoms with van der Waals surface area (Å²) in [6, 6.07) is 2.21. The third kappa shape index (κ3) is 4.17. The normalized spacial score (nSPS) is 18.9. The van der Waals surface area contributed by atoms with Gasteiger partial charge in [-0.05, 0) is 19.4 Å². The fourth-order valence-corrected chi connectivity index (χ4v) is 2.39. The first-order chi connectivity index (χ1) is 9.47. The molecule has 1 aromatic rings. The van der Waals surface area contributed by atoms with Crippen molar-refractivity contribution in [2.75, 3.05) is 20.1 Å². The lowest BCUT2D eigenvalue weighted by atomic mass is 10.0. The van der Waals surface area contributed by atoms with E-state index in [1.165, 1.54) is 6.07 Å². The van der Waals surface area contributed by atoms with E-state index in [1.54, 1.807) is 0 Å². The molecule has 1 aromatic carbocycles. The zero-order valence-electron chi connectivity index (χ0n) is 13.0. The Labute approximate surface area is 120 Å². The van der Waals surface area contributed by atoms with Crippen LogP contribution in [-0.4, -0.2) is 31.1 Å². The maximum Gasteiger partial charge on any atom is 0.133 e. The largest absolute Gasteiger partial charge is 0.489 e. The fourth-order valence-electron chi connectivity index (χ4n) is 2.39. The van der Waals surface area contributed by atoms with Gasteiger partial charge in [-0.1, -0.05) is 27.7 Å². The first-order valence-electron chi connectivity index (χ1n) is 7.31. The van der Waals surface area contributed by atoms with Gasteiger partial charge in [-0.15, -0.1) is 0 Å². The van der Waals surface area contributed by atoms with Crippen LogP contribution < -0.4 is 4.74 Å². The Morgan fingerprint density at radius 3 is 2.40 bits per heavy atom. The van der Waals surface area contributed by atoms with Crippen LogP contribution in [0.4, 0.5) is 8.78 Å². The Kier molecular flexibility index (Phi) is 6.40. The molecule has 1 heterocycles. The number of likely N-dealkylation sites (N-methyl/N-ethyl adjacent to an activating group) is 1. The molecule has 0 aromatic heterocycles. The summed E-state index contributed by atoms with van der Waals surface area (Å²) in [6.07, 6.45) is 0.917. The van der Waals surface area contributed by atoms with Crippen molar-refractivity contribution < 1.29 is 13.5 Å². The molecule has 1 saturated heterocycles. The molecule has 1 aliphatic heterocycles. The number of benzene rings is 1. The van der Waals surface area contributed by atoms with Crippen LogP contribution in [0.5, 0.6) is 5.75 Å². The zero-order chi connectivity index (χ0) is 15.3. The number of hydrogen-bond donors (Lipinski definition) is 0. The Morgan fingerprint density at radius 2 is 1.90 bits per heavy atom. The van der Waals surface area contributed by atoms with E-state index in [-0.39, 0.29) is 12.0 Å². The molecule has 0 radical (unpaired) electrons. The van der Waals surface area contributed by atoms with E-state index in [0.29, 0.717) is 11.3 Å². The monoisotopic (exact) mass is 285 g/mol.